The fraction of sp³-hybridized carbons (Fsp3) is 0.870. The second kappa shape index (κ2) is 20.5. The zero-order valence-corrected chi connectivity index (χ0v) is 17.6. The molecule has 2 N–H and O–H groups in total. The van der Waals surface area contributed by atoms with E-state index in [1.165, 1.54) is 70.6 Å². The van der Waals surface area contributed by atoms with Crippen LogP contribution < -0.4 is 5.32 Å². The molecule has 0 saturated heterocycles. The van der Waals surface area contributed by atoms with E-state index in [1.807, 2.05) is 0 Å². The highest BCUT2D eigenvalue weighted by molar-refractivity contribution is 5.76. The molecule has 1 amide bonds. The van der Waals surface area contributed by atoms with Gasteiger partial charge in [-0.15, -0.1) is 0 Å². The summed E-state index contributed by atoms with van der Waals surface area (Å²) in [6.07, 6.45) is 23.7. The lowest BCUT2D eigenvalue weighted by Gasteiger charge is -2.15. The van der Waals surface area contributed by atoms with Crippen molar-refractivity contribution in [1.82, 2.24) is 5.32 Å². The minimum Gasteiger partial charge on any atom is -0.394 e. The molecule has 26 heavy (non-hydrogen) atoms. The van der Waals surface area contributed by atoms with Crippen LogP contribution in [0.5, 0.6) is 0 Å². The molecule has 0 aliphatic heterocycles. The Hall–Kier alpha value is -0.830. The summed E-state index contributed by atoms with van der Waals surface area (Å²) in [4.78, 5) is 11.8. The molecular formula is C23H45NO2. The van der Waals surface area contributed by atoms with Crippen molar-refractivity contribution < 1.29 is 9.90 Å². The second-order valence-electron chi connectivity index (χ2n) is 7.57. The first-order valence-corrected chi connectivity index (χ1v) is 11.3. The summed E-state index contributed by atoms with van der Waals surface area (Å²) in [5, 5.41) is 12.1. The highest BCUT2D eigenvalue weighted by Gasteiger charge is 2.09. The van der Waals surface area contributed by atoms with Gasteiger partial charge in [-0.1, -0.05) is 83.8 Å². The van der Waals surface area contributed by atoms with Crippen molar-refractivity contribution >= 4 is 5.91 Å². The Morgan fingerprint density at radius 1 is 0.808 bits per heavy atom. The smallest absolute Gasteiger partial charge is 0.220 e. The number of allylic oxidation sites excluding steroid dienone is 2. The van der Waals surface area contributed by atoms with E-state index in [0.29, 0.717) is 6.42 Å². The summed E-state index contributed by atoms with van der Waals surface area (Å²) < 4.78 is 0. The zero-order valence-electron chi connectivity index (χ0n) is 17.6. The van der Waals surface area contributed by atoms with E-state index >= 15 is 0 Å². The van der Waals surface area contributed by atoms with Gasteiger partial charge in [-0.05, 0) is 38.5 Å². The molecular weight excluding hydrogens is 322 g/mol. The van der Waals surface area contributed by atoms with Gasteiger partial charge in [0.2, 0.25) is 5.91 Å². The summed E-state index contributed by atoms with van der Waals surface area (Å²) in [5.41, 5.74) is 0. The lowest BCUT2D eigenvalue weighted by Crippen LogP contribution is -2.37. The van der Waals surface area contributed by atoms with Crippen molar-refractivity contribution in [3.8, 4) is 0 Å². The first kappa shape index (κ1) is 25.2. The fourth-order valence-corrected chi connectivity index (χ4v) is 3.21. The number of hydrogen-bond donors (Lipinski definition) is 2. The van der Waals surface area contributed by atoms with Crippen molar-refractivity contribution in [2.45, 2.75) is 123 Å². The van der Waals surface area contributed by atoms with E-state index in [-0.39, 0.29) is 18.6 Å². The number of aliphatic hydroxyl groups is 1. The first-order chi connectivity index (χ1) is 12.7. The van der Waals surface area contributed by atoms with Crippen LogP contribution in [0.1, 0.15) is 117 Å². The SMILES string of the molecule is CCCCCCCC/C=C/CCCCCCCC(=O)NC(CO)CCC. The number of amides is 1. The lowest BCUT2D eigenvalue weighted by atomic mass is 10.1. The first-order valence-electron chi connectivity index (χ1n) is 11.3. The number of rotatable bonds is 19. The van der Waals surface area contributed by atoms with Gasteiger partial charge in [-0.2, -0.15) is 0 Å². The molecule has 0 rings (SSSR count). The number of aliphatic hydroxyl groups excluding tert-OH is 1. The summed E-state index contributed by atoms with van der Waals surface area (Å²) >= 11 is 0. The number of unbranched alkanes of at least 4 members (excludes halogenated alkanes) is 11. The third-order valence-corrected chi connectivity index (χ3v) is 4.89. The Morgan fingerprint density at radius 3 is 1.88 bits per heavy atom. The zero-order chi connectivity index (χ0) is 19.3. The fourth-order valence-electron chi connectivity index (χ4n) is 3.21. The third kappa shape index (κ3) is 18.0. The molecule has 3 nitrogen and oxygen atoms in total. The molecule has 0 spiro atoms. The summed E-state index contributed by atoms with van der Waals surface area (Å²) in [5.74, 6) is 0.0927. The Kier molecular flexibility index (Phi) is 19.8. The molecule has 1 atom stereocenters. The van der Waals surface area contributed by atoms with Gasteiger partial charge in [0.1, 0.15) is 0 Å². The average molecular weight is 368 g/mol. The van der Waals surface area contributed by atoms with Gasteiger partial charge in [0.25, 0.3) is 0 Å². The number of carbonyl (C=O) groups excluding carboxylic acids is 1. The number of nitrogens with one attached hydrogen (secondary N) is 1. The van der Waals surface area contributed by atoms with Crippen LogP contribution in [0.2, 0.25) is 0 Å². The Balaban J connectivity index is 3.32. The van der Waals surface area contributed by atoms with Crippen molar-refractivity contribution in [2.75, 3.05) is 6.61 Å². The standard InChI is InChI=1S/C23H45NO2/c1-3-5-6-7-8-9-10-11-12-13-14-15-16-17-18-20-23(26)24-22(21-25)19-4-2/h11-12,22,25H,3-10,13-21H2,1-2H3,(H,24,26)/b12-11+. The average Bonchev–Trinajstić information content (AvgIpc) is 2.64. The van der Waals surface area contributed by atoms with E-state index < -0.39 is 0 Å². The van der Waals surface area contributed by atoms with Gasteiger partial charge >= 0.3 is 0 Å². The number of carbonyl (C=O) groups is 1. The van der Waals surface area contributed by atoms with E-state index in [0.717, 1.165) is 25.7 Å². The minimum atomic E-state index is -0.0596. The summed E-state index contributed by atoms with van der Waals surface area (Å²) in [6.45, 7) is 4.38. The number of hydrogen-bond acceptors (Lipinski definition) is 2. The van der Waals surface area contributed by atoms with Crippen molar-refractivity contribution in [3.63, 3.8) is 0 Å². The molecule has 0 aromatic carbocycles. The van der Waals surface area contributed by atoms with E-state index in [4.69, 9.17) is 0 Å². The summed E-state index contributed by atoms with van der Waals surface area (Å²) in [7, 11) is 0. The van der Waals surface area contributed by atoms with Crippen LogP contribution in [0.4, 0.5) is 0 Å². The van der Waals surface area contributed by atoms with Crippen LogP contribution in [0, 0.1) is 0 Å². The molecule has 0 heterocycles. The van der Waals surface area contributed by atoms with E-state index in [9.17, 15) is 9.90 Å². The predicted molar refractivity (Wildman–Crippen MR) is 113 cm³/mol. The van der Waals surface area contributed by atoms with Gasteiger partial charge in [-0.3, -0.25) is 4.79 Å². The van der Waals surface area contributed by atoms with Gasteiger partial charge < -0.3 is 10.4 Å². The van der Waals surface area contributed by atoms with Gasteiger partial charge in [0.05, 0.1) is 12.6 Å². The molecule has 0 aliphatic rings. The van der Waals surface area contributed by atoms with E-state index in [2.05, 4.69) is 31.3 Å². The van der Waals surface area contributed by atoms with Crippen LogP contribution in [0.15, 0.2) is 12.2 Å². The molecule has 0 aromatic heterocycles. The normalized spacial score (nSPS) is 12.6. The van der Waals surface area contributed by atoms with Gasteiger partial charge in [-0.25, -0.2) is 0 Å². The minimum absolute atomic E-state index is 0.0476. The Labute approximate surface area is 163 Å². The Morgan fingerprint density at radius 2 is 1.35 bits per heavy atom. The topological polar surface area (TPSA) is 49.3 Å². The Bertz CT molecular complexity index is 328. The second-order valence-corrected chi connectivity index (χ2v) is 7.57. The quantitative estimate of drug-likeness (QED) is 0.208. The monoisotopic (exact) mass is 367 g/mol. The van der Waals surface area contributed by atoms with Crippen molar-refractivity contribution in [1.29, 1.82) is 0 Å². The van der Waals surface area contributed by atoms with E-state index in [1.54, 1.807) is 0 Å². The van der Waals surface area contributed by atoms with Crippen molar-refractivity contribution in [2.24, 2.45) is 0 Å². The lowest BCUT2D eigenvalue weighted by molar-refractivity contribution is -0.122. The maximum Gasteiger partial charge on any atom is 0.220 e. The molecule has 0 radical (unpaired) electrons. The highest BCUT2D eigenvalue weighted by atomic mass is 16.3. The largest absolute Gasteiger partial charge is 0.394 e. The van der Waals surface area contributed by atoms with Crippen LogP contribution in [-0.4, -0.2) is 23.7 Å². The third-order valence-electron chi connectivity index (χ3n) is 4.89. The predicted octanol–water partition coefficient (Wildman–Crippen LogP) is 6.30. The molecule has 0 aromatic rings. The maximum atomic E-state index is 11.8. The molecule has 0 bridgehead atoms. The molecule has 0 saturated carbocycles. The molecule has 154 valence electrons. The molecule has 0 aliphatic carbocycles. The summed E-state index contributed by atoms with van der Waals surface area (Å²) in [6, 6.07) is -0.0596. The molecule has 3 heteroatoms. The molecule has 0 fully saturated rings. The van der Waals surface area contributed by atoms with Gasteiger partial charge in [0, 0.05) is 6.42 Å². The maximum absolute atomic E-state index is 11.8. The van der Waals surface area contributed by atoms with Gasteiger partial charge in [0.15, 0.2) is 0 Å². The highest BCUT2D eigenvalue weighted by Crippen LogP contribution is 2.10. The van der Waals surface area contributed by atoms with Crippen LogP contribution in [0.25, 0.3) is 0 Å². The van der Waals surface area contributed by atoms with Crippen LogP contribution in [0.3, 0.4) is 0 Å². The van der Waals surface area contributed by atoms with Crippen LogP contribution in [-0.2, 0) is 4.79 Å². The van der Waals surface area contributed by atoms with Crippen LogP contribution >= 0.6 is 0 Å². The van der Waals surface area contributed by atoms with Crippen molar-refractivity contribution in [3.05, 3.63) is 12.2 Å². The molecule has 1 unspecified atom stereocenters.